The van der Waals surface area contributed by atoms with Gasteiger partial charge in [-0.2, -0.15) is 0 Å². The topological polar surface area (TPSA) is 66.8 Å². The Labute approximate surface area is 119 Å². The standard InChI is InChI=1S/C15H9ClO4/c16-8-5-6-11-12(7-8)20-15(19)10-4-2-1-3-9(10)13(17)14(11,15)18/h1-7,18-19H. The number of ether oxygens (including phenoxy) is 1. The lowest BCUT2D eigenvalue weighted by Crippen LogP contribution is -2.48. The SMILES string of the molecule is O=C1c2ccccc2C2(O)Oc3cc(Cl)ccc3C12O. The molecule has 0 spiro atoms. The van der Waals surface area contributed by atoms with Gasteiger partial charge in [0, 0.05) is 21.7 Å². The van der Waals surface area contributed by atoms with E-state index < -0.39 is 17.2 Å². The summed E-state index contributed by atoms with van der Waals surface area (Å²) in [6.45, 7) is 0. The molecule has 5 heteroatoms. The molecule has 2 atom stereocenters. The first-order valence-corrected chi connectivity index (χ1v) is 6.44. The summed E-state index contributed by atoms with van der Waals surface area (Å²) in [4.78, 5) is 12.5. The molecule has 1 aliphatic carbocycles. The quantitative estimate of drug-likeness (QED) is 0.778. The Morgan fingerprint density at radius 3 is 2.60 bits per heavy atom. The normalized spacial score (nSPS) is 29.6. The van der Waals surface area contributed by atoms with E-state index in [9.17, 15) is 15.0 Å². The van der Waals surface area contributed by atoms with Crippen molar-refractivity contribution in [3.05, 3.63) is 64.2 Å². The van der Waals surface area contributed by atoms with Gasteiger partial charge in [-0.3, -0.25) is 4.79 Å². The summed E-state index contributed by atoms with van der Waals surface area (Å²) in [5.41, 5.74) is -1.38. The first kappa shape index (κ1) is 11.9. The van der Waals surface area contributed by atoms with Crippen molar-refractivity contribution in [2.75, 3.05) is 0 Å². The second kappa shape index (κ2) is 3.41. The third kappa shape index (κ3) is 1.09. The van der Waals surface area contributed by atoms with Crippen LogP contribution in [-0.4, -0.2) is 16.0 Å². The largest absolute Gasteiger partial charge is 0.454 e. The molecule has 0 bridgehead atoms. The maximum atomic E-state index is 12.5. The van der Waals surface area contributed by atoms with Gasteiger partial charge in [-0.1, -0.05) is 41.9 Å². The number of Topliss-reactive ketones (excluding diaryl/α,β-unsaturated/α-hetero) is 1. The zero-order valence-electron chi connectivity index (χ0n) is 10.1. The van der Waals surface area contributed by atoms with Crippen LogP contribution in [0.25, 0.3) is 0 Å². The second-order valence-electron chi connectivity index (χ2n) is 4.97. The average molecular weight is 289 g/mol. The maximum absolute atomic E-state index is 12.5. The predicted molar refractivity (Wildman–Crippen MR) is 70.6 cm³/mol. The van der Waals surface area contributed by atoms with E-state index >= 15 is 0 Å². The van der Waals surface area contributed by atoms with E-state index in [0.717, 1.165) is 0 Å². The van der Waals surface area contributed by atoms with Crippen molar-refractivity contribution < 1.29 is 19.7 Å². The molecule has 0 radical (unpaired) electrons. The number of benzene rings is 2. The van der Waals surface area contributed by atoms with Crippen LogP contribution in [0, 0.1) is 0 Å². The number of hydrogen-bond donors (Lipinski definition) is 2. The van der Waals surface area contributed by atoms with E-state index in [2.05, 4.69) is 0 Å². The number of carbonyl (C=O) groups is 1. The molecule has 0 saturated carbocycles. The minimum atomic E-state index is -2.13. The molecule has 100 valence electrons. The summed E-state index contributed by atoms with van der Waals surface area (Å²) >= 11 is 5.88. The second-order valence-corrected chi connectivity index (χ2v) is 5.41. The summed E-state index contributed by atoms with van der Waals surface area (Å²) in [6.07, 6.45) is 0. The van der Waals surface area contributed by atoms with Gasteiger partial charge in [-0.15, -0.1) is 0 Å². The van der Waals surface area contributed by atoms with Crippen molar-refractivity contribution >= 4 is 17.4 Å². The molecule has 2 N–H and O–H groups in total. The zero-order chi connectivity index (χ0) is 14.1. The molecule has 2 unspecified atom stereocenters. The molecular weight excluding hydrogens is 280 g/mol. The van der Waals surface area contributed by atoms with Crippen LogP contribution in [0.2, 0.25) is 5.02 Å². The van der Waals surface area contributed by atoms with Crippen LogP contribution < -0.4 is 4.74 Å². The highest BCUT2D eigenvalue weighted by Gasteiger charge is 2.70. The van der Waals surface area contributed by atoms with Crippen molar-refractivity contribution in [3.63, 3.8) is 0 Å². The minimum absolute atomic E-state index is 0.213. The van der Waals surface area contributed by atoms with Gasteiger partial charge in [-0.25, -0.2) is 0 Å². The molecule has 4 nitrogen and oxygen atoms in total. The van der Waals surface area contributed by atoms with Crippen LogP contribution in [0.5, 0.6) is 5.75 Å². The van der Waals surface area contributed by atoms with E-state index in [1.54, 1.807) is 30.3 Å². The molecule has 2 aliphatic rings. The third-order valence-electron chi connectivity index (χ3n) is 3.95. The summed E-state index contributed by atoms with van der Waals surface area (Å²) < 4.78 is 5.50. The van der Waals surface area contributed by atoms with E-state index in [1.165, 1.54) is 12.1 Å². The molecule has 20 heavy (non-hydrogen) atoms. The van der Waals surface area contributed by atoms with E-state index in [-0.39, 0.29) is 22.4 Å². The highest BCUT2D eigenvalue weighted by Crippen LogP contribution is 2.58. The molecule has 1 aliphatic heterocycles. The van der Waals surface area contributed by atoms with Gasteiger partial charge in [0.25, 0.3) is 5.79 Å². The summed E-state index contributed by atoms with van der Waals surface area (Å²) in [5.74, 6) is -2.46. The van der Waals surface area contributed by atoms with Gasteiger partial charge in [0.1, 0.15) is 5.75 Å². The van der Waals surface area contributed by atoms with Crippen molar-refractivity contribution in [3.8, 4) is 5.75 Å². The lowest BCUT2D eigenvalue weighted by Gasteiger charge is -2.28. The number of hydrogen-bond acceptors (Lipinski definition) is 4. The fraction of sp³-hybridized carbons (Fsp3) is 0.133. The van der Waals surface area contributed by atoms with Crippen LogP contribution in [0.15, 0.2) is 42.5 Å². The summed E-state index contributed by atoms with van der Waals surface area (Å²) in [7, 11) is 0. The van der Waals surface area contributed by atoms with Crippen LogP contribution >= 0.6 is 11.6 Å². The van der Waals surface area contributed by atoms with Gasteiger partial charge in [-0.05, 0) is 12.1 Å². The molecule has 4 rings (SSSR count). The first-order valence-electron chi connectivity index (χ1n) is 6.06. The Hall–Kier alpha value is -1.88. The molecule has 1 heterocycles. The molecule has 0 fully saturated rings. The minimum Gasteiger partial charge on any atom is -0.454 e. The van der Waals surface area contributed by atoms with Crippen molar-refractivity contribution in [2.45, 2.75) is 11.4 Å². The van der Waals surface area contributed by atoms with Crippen molar-refractivity contribution in [1.29, 1.82) is 0 Å². The average Bonchev–Trinajstić information content (AvgIpc) is 2.76. The lowest BCUT2D eigenvalue weighted by atomic mass is 9.87. The molecule has 0 saturated heterocycles. The number of fused-ring (bicyclic) bond motifs is 5. The highest BCUT2D eigenvalue weighted by molar-refractivity contribution is 6.30. The van der Waals surface area contributed by atoms with Gasteiger partial charge in [0.2, 0.25) is 11.4 Å². The van der Waals surface area contributed by atoms with E-state index in [4.69, 9.17) is 16.3 Å². The van der Waals surface area contributed by atoms with E-state index in [1.807, 2.05) is 0 Å². The van der Waals surface area contributed by atoms with Crippen molar-refractivity contribution in [1.82, 2.24) is 0 Å². The monoisotopic (exact) mass is 288 g/mol. The fourth-order valence-electron chi connectivity index (χ4n) is 2.99. The Morgan fingerprint density at radius 1 is 1.05 bits per heavy atom. The molecule has 0 aromatic heterocycles. The number of halogens is 1. The fourth-order valence-corrected chi connectivity index (χ4v) is 3.15. The Morgan fingerprint density at radius 2 is 1.80 bits per heavy atom. The van der Waals surface area contributed by atoms with Gasteiger partial charge in [0.15, 0.2) is 0 Å². The number of ketones is 1. The zero-order valence-corrected chi connectivity index (χ0v) is 10.9. The van der Waals surface area contributed by atoms with Crippen LogP contribution in [-0.2, 0) is 11.4 Å². The number of aliphatic hydroxyl groups is 2. The first-order chi connectivity index (χ1) is 9.48. The molecule has 0 amide bonds. The highest BCUT2D eigenvalue weighted by atomic mass is 35.5. The molecule has 2 aromatic carbocycles. The Bertz CT molecular complexity index is 772. The van der Waals surface area contributed by atoms with Crippen LogP contribution in [0.1, 0.15) is 21.5 Å². The molecule has 2 aromatic rings. The van der Waals surface area contributed by atoms with Crippen LogP contribution in [0.4, 0.5) is 0 Å². The van der Waals surface area contributed by atoms with Gasteiger partial charge in [0.05, 0.1) is 0 Å². The predicted octanol–water partition coefficient (Wildman–Crippen LogP) is 1.96. The van der Waals surface area contributed by atoms with Gasteiger partial charge >= 0.3 is 0 Å². The number of rotatable bonds is 0. The van der Waals surface area contributed by atoms with Gasteiger partial charge < -0.3 is 14.9 Å². The van der Waals surface area contributed by atoms with E-state index in [0.29, 0.717) is 5.02 Å². The third-order valence-corrected chi connectivity index (χ3v) is 4.18. The van der Waals surface area contributed by atoms with Crippen LogP contribution in [0.3, 0.4) is 0 Å². The molecular formula is C15H9ClO4. The van der Waals surface area contributed by atoms with Crippen molar-refractivity contribution in [2.24, 2.45) is 0 Å². The summed E-state index contributed by atoms with van der Waals surface area (Å²) in [5, 5.41) is 22.0. The smallest absolute Gasteiger partial charge is 0.276 e. The Balaban J connectivity index is 2.05. The lowest BCUT2D eigenvalue weighted by molar-refractivity contribution is -0.224. The Kier molecular flexibility index (Phi) is 2.03. The summed E-state index contributed by atoms with van der Waals surface area (Å²) in [6, 6.07) is 11.0. The maximum Gasteiger partial charge on any atom is 0.276 e. The number of carbonyl (C=O) groups excluding carboxylic acids is 1.